The fourth-order valence-corrected chi connectivity index (χ4v) is 7.32. The van der Waals surface area contributed by atoms with Crippen molar-refractivity contribution in [3.8, 4) is 5.75 Å². The van der Waals surface area contributed by atoms with Crippen LogP contribution in [0.3, 0.4) is 0 Å². The summed E-state index contributed by atoms with van der Waals surface area (Å²) in [6.45, 7) is 0.225. The standard InChI is InChI=1S/C37H54F4N2O6/c1-24(36(47)43-30(22-32(45)46)31(44)23-49-35-33(40)28(38)21-29(39)34(35)41)42-37(48)27-19-12-8-11-17-26(18-13-14-20-27)25-15-9-6-4-2-3-5-7-10-16-25/h21,24-27,30H,2-20,22-23H2,1H3,(H,42,48)(H,43,47)(H,45,46)/t24-,26?,27?,30-/m0/s1. The van der Waals surface area contributed by atoms with Gasteiger partial charge in [0.1, 0.15) is 18.7 Å². The fraction of sp³-hybridized carbons (Fsp3) is 0.730. The molecule has 12 heteroatoms. The summed E-state index contributed by atoms with van der Waals surface area (Å²) in [5.41, 5.74) is 0. The van der Waals surface area contributed by atoms with Gasteiger partial charge in [-0.05, 0) is 31.6 Å². The number of nitrogens with one attached hydrogen (secondary N) is 2. The Hall–Kier alpha value is -3.18. The van der Waals surface area contributed by atoms with Gasteiger partial charge in [0, 0.05) is 12.0 Å². The molecule has 0 bridgehead atoms. The van der Waals surface area contributed by atoms with E-state index in [1.165, 1.54) is 84.0 Å². The molecule has 0 heterocycles. The zero-order valence-corrected chi connectivity index (χ0v) is 28.8. The van der Waals surface area contributed by atoms with Crippen LogP contribution in [0.2, 0.25) is 0 Å². The van der Waals surface area contributed by atoms with Crippen molar-refractivity contribution < 1.29 is 46.6 Å². The predicted octanol–water partition coefficient (Wildman–Crippen LogP) is 7.94. The van der Waals surface area contributed by atoms with Crippen molar-refractivity contribution in [2.24, 2.45) is 17.8 Å². The van der Waals surface area contributed by atoms with Crippen molar-refractivity contribution in [3.63, 3.8) is 0 Å². The average molecular weight is 699 g/mol. The van der Waals surface area contributed by atoms with Gasteiger partial charge in [0.2, 0.25) is 23.4 Å². The summed E-state index contributed by atoms with van der Waals surface area (Å²) in [7, 11) is 0. The maximum absolute atomic E-state index is 13.9. The van der Waals surface area contributed by atoms with Crippen LogP contribution in [-0.2, 0) is 19.2 Å². The second-order valence-electron chi connectivity index (χ2n) is 14.0. The molecule has 2 aliphatic rings. The van der Waals surface area contributed by atoms with Gasteiger partial charge in [-0.1, -0.05) is 109 Å². The molecule has 2 saturated carbocycles. The Balaban J connectivity index is 1.53. The maximum atomic E-state index is 13.9. The number of Topliss-reactive ketones (excluding diaryl/α,β-unsaturated/α-hetero) is 1. The number of aliphatic carboxylic acids is 1. The highest BCUT2D eigenvalue weighted by Gasteiger charge is 2.30. The van der Waals surface area contributed by atoms with E-state index in [-0.39, 0.29) is 17.9 Å². The highest BCUT2D eigenvalue weighted by molar-refractivity contribution is 5.95. The Labute approximate surface area is 287 Å². The summed E-state index contributed by atoms with van der Waals surface area (Å²) in [6, 6.07) is -2.85. The second kappa shape index (κ2) is 21.1. The third-order valence-electron chi connectivity index (χ3n) is 10.2. The van der Waals surface area contributed by atoms with Gasteiger partial charge < -0.3 is 20.5 Å². The molecule has 2 fully saturated rings. The molecule has 0 radical (unpaired) electrons. The quantitative estimate of drug-likeness (QED) is 0.159. The zero-order valence-electron chi connectivity index (χ0n) is 28.8. The lowest BCUT2D eigenvalue weighted by Crippen LogP contribution is -2.52. The third kappa shape index (κ3) is 13.6. The number of halogens is 4. The molecule has 1 aromatic carbocycles. The predicted molar refractivity (Wildman–Crippen MR) is 177 cm³/mol. The molecule has 4 atom stereocenters. The smallest absolute Gasteiger partial charge is 0.305 e. The maximum Gasteiger partial charge on any atom is 0.305 e. The lowest BCUT2D eigenvalue weighted by molar-refractivity contribution is -0.141. The van der Waals surface area contributed by atoms with Crippen molar-refractivity contribution in [2.45, 2.75) is 147 Å². The molecule has 2 aliphatic carbocycles. The van der Waals surface area contributed by atoms with Crippen LogP contribution in [0.25, 0.3) is 0 Å². The Morgan fingerprint density at radius 1 is 0.714 bits per heavy atom. The van der Waals surface area contributed by atoms with E-state index in [1.807, 2.05) is 0 Å². The first-order valence-corrected chi connectivity index (χ1v) is 18.3. The first-order chi connectivity index (χ1) is 23.5. The van der Waals surface area contributed by atoms with Crippen LogP contribution in [0.1, 0.15) is 135 Å². The van der Waals surface area contributed by atoms with Crippen molar-refractivity contribution in [1.29, 1.82) is 0 Å². The summed E-state index contributed by atoms with van der Waals surface area (Å²) in [6.07, 6.45) is 21.4. The monoisotopic (exact) mass is 698 g/mol. The van der Waals surface area contributed by atoms with E-state index < -0.39 is 71.8 Å². The van der Waals surface area contributed by atoms with Crippen molar-refractivity contribution >= 4 is 23.6 Å². The van der Waals surface area contributed by atoms with E-state index in [0.29, 0.717) is 12.8 Å². The van der Waals surface area contributed by atoms with E-state index >= 15 is 0 Å². The van der Waals surface area contributed by atoms with Crippen molar-refractivity contribution in [3.05, 3.63) is 29.3 Å². The number of carbonyl (C=O) groups is 4. The fourth-order valence-electron chi connectivity index (χ4n) is 7.32. The molecule has 8 nitrogen and oxygen atoms in total. The average Bonchev–Trinajstić information content (AvgIpc) is 3.16. The van der Waals surface area contributed by atoms with E-state index in [4.69, 9.17) is 0 Å². The van der Waals surface area contributed by atoms with E-state index in [2.05, 4.69) is 15.4 Å². The third-order valence-corrected chi connectivity index (χ3v) is 10.2. The summed E-state index contributed by atoms with van der Waals surface area (Å²) in [4.78, 5) is 50.4. The SMILES string of the molecule is C[C@H](NC(=O)C1CCCCCC(C2CCCCCCCCCC2)CCCC1)C(=O)N[C@@H](CC(=O)O)C(=O)COc1c(F)c(F)cc(F)c1F. The minimum atomic E-state index is -1.87. The number of amides is 2. The van der Waals surface area contributed by atoms with Crippen LogP contribution < -0.4 is 15.4 Å². The number of carboxylic acid groups (broad SMARTS) is 1. The molecule has 0 spiro atoms. The normalized spacial score (nSPS) is 22.0. The molecule has 3 N–H and O–H groups in total. The van der Waals surface area contributed by atoms with Crippen molar-refractivity contribution in [1.82, 2.24) is 10.6 Å². The zero-order chi connectivity index (χ0) is 35.8. The molecular formula is C37H54F4N2O6. The molecule has 0 aromatic heterocycles. The number of carbonyl (C=O) groups excluding carboxylic acids is 3. The molecule has 1 aromatic rings. The van der Waals surface area contributed by atoms with Gasteiger partial charge >= 0.3 is 5.97 Å². The number of rotatable bonds is 11. The summed E-state index contributed by atoms with van der Waals surface area (Å²) < 4.78 is 59.5. The number of hydrogen-bond donors (Lipinski definition) is 3. The number of hydrogen-bond acceptors (Lipinski definition) is 5. The number of ketones is 1. The highest BCUT2D eigenvalue weighted by atomic mass is 19.2. The first kappa shape index (κ1) is 40.3. The van der Waals surface area contributed by atoms with Crippen LogP contribution in [0, 0.1) is 41.0 Å². The van der Waals surface area contributed by atoms with Crippen LogP contribution in [0.4, 0.5) is 17.6 Å². The Bertz CT molecular complexity index is 1210. The molecular weight excluding hydrogens is 644 g/mol. The summed E-state index contributed by atoms with van der Waals surface area (Å²) >= 11 is 0. The van der Waals surface area contributed by atoms with Crippen LogP contribution >= 0.6 is 0 Å². The molecule has 49 heavy (non-hydrogen) atoms. The lowest BCUT2D eigenvalue weighted by Gasteiger charge is -2.28. The number of ether oxygens (including phenoxy) is 1. The number of carboxylic acids is 1. The second-order valence-corrected chi connectivity index (χ2v) is 14.0. The Kier molecular flexibility index (Phi) is 17.4. The molecule has 276 valence electrons. The molecule has 0 saturated heterocycles. The van der Waals surface area contributed by atoms with Gasteiger partial charge in [-0.2, -0.15) is 8.78 Å². The summed E-state index contributed by atoms with van der Waals surface area (Å²) in [5, 5.41) is 14.2. The van der Waals surface area contributed by atoms with Gasteiger partial charge in [-0.3, -0.25) is 19.2 Å². The van der Waals surface area contributed by atoms with Gasteiger partial charge in [0.25, 0.3) is 0 Å². The van der Waals surface area contributed by atoms with Crippen LogP contribution in [0.5, 0.6) is 5.75 Å². The Morgan fingerprint density at radius 3 is 1.65 bits per heavy atom. The van der Waals surface area contributed by atoms with Crippen LogP contribution in [0.15, 0.2) is 6.07 Å². The molecule has 3 rings (SSSR count). The minimum absolute atomic E-state index is 0.0266. The van der Waals surface area contributed by atoms with Crippen molar-refractivity contribution in [2.75, 3.05) is 6.61 Å². The van der Waals surface area contributed by atoms with Gasteiger partial charge in [0.15, 0.2) is 23.2 Å². The van der Waals surface area contributed by atoms with E-state index in [1.54, 1.807) is 0 Å². The largest absolute Gasteiger partial charge is 0.481 e. The highest BCUT2D eigenvalue weighted by Crippen LogP contribution is 2.35. The molecule has 0 aliphatic heterocycles. The minimum Gasteiger partial charge on any atom is -0.481 e. The van der Waals surface area contributed by atoms with Gasteiger partial charge in [-0.15, -0.1) is 0 Å². The van der Waals surface area contributed by atoms with E-state index in [9.17, 15) is 41.8 Å². The molecule has 2 unspecified atom stereocenters. The van der Waals surface area contributed by atoms with Gasteiger partial charge in [-0.25, -0.2) is 8.78 Å². The Morgan fingerprint density at radius 2 is 1.14 bits per heavy atom. The van der Waals surface area contributed by atoms with E-state index in [0.717, 1.165) is 43.9 Å². The lowest BCUT2D eigenvalue weighted by atomic mass is 9.78. The topological polar surface area (TPSA) is 122 Å². The van der Waals surface area contributed by atoms with Gasteiger partial charge in [0.05, 0.1) is 6.42 Å². The van der Waals surface area contributed by atoms with Crippen LogP contribution in [-0.4, -0.2) is 47.4 Å². The first-order valence-electron chi connectivity index (χ1n) is 18.3. The number of benzene rings is 1. The molecule has 2 amide bonds. The summed E-state index contributed by atoms with van der Waals surface area (Å²) in [5.74, 6) is -11.2.